The molecule has 1 aliphatic rings. The molecule has 1 aliphatic heterocycles. The van der Waals surface area contributed by atoms with Crippen LogP contribution < -0.4 is 19.5 Å². The molecular weight excluding hydrogens is 456 g/mol. The molecule has 3 rings (SSSR count). The summed E-state index contributed by atoms with van der Waals surface area (Å²) < 4.78 is 44.5. The second-order valence-electron chi connectivity index (χ2n) is 8.78. The van der Waals surface area contributed by atoms with Crippen molar-refractivity contribution in [2.24, 2.45) is 11.8 Å². The summed E-state index contributed by atoms with van der Waals surface area (Å²) in [5, 5.41) is 3.00. The Kier molecular flexibility index (Phi) is 8.43. The van der Waals surface area contributed by atoms with Crippen molar-refractivity contribution in [2.45, 2.75) is 31.1 Å². The fourth-order valence-electron chi connectivity index (χ4n) is 4.24. The van der Waals surface area contributed by atoms with Crippen molar-refractivity contribution in [1.82, 2.24) is 9.62 Å². The summed E-state index contributed by atoms with van der Waals surface area (Å²) in [7, 11) is 0.816. The topological polar surface area (TPSA) is 94.2 Å². The van der Waals surface area contributed by atoms with E-state index < -0.39 is 15.9 Å². The van der Waals surface area contributed by atoms with Gasteiger partial charge in [-0.15, -0.1) is 0 Å². The second-order valence-corrected chi connectivity index (χ2v) is 10.7. The van der Waals surface area contributed by atoms with Crippen LogP contribution in [0.25, 0.3) is 0 Å². The van der Waals surface area contributed by atoms with E-state index in [0.29, 0.717) is 29.7 Å². The number of amides is 1. The molecule has 9 heteroatoms. The fourth-order valence-corrected chi connectivity index (χ4v) is 5.75. The maximum atomic E-state index is 13.4. The molecule has 1 amide bonds. The standard InChI is InChI=1S/C25H34N2O6S/c1-17(2)11-12-26-25(28)21-16-27(34(29,30)19-9-7-6-8-10-19)15-20(21)18-13-22(31-3)24(33-5)23(14-18)32-4/h6-10,13-14,17,20-21H,11-12,15-16H2,1-5H3,(H,26,28)/t20-,21-/m1/s1. The summed E-state index contributed by atoms with van der Waals surface area (Å²) in [4.78, 5) is 13.4. The van der Waals surface area contributed by atoms with E-state index in [-0.39, 0.29) is 29.8 Å². The van der Waals surface area contributed by atoms with E-state index in [1.807, 2.05) is 0 Å². The molecule has 1 N–H and O–H groups in total. The highest BCUT2D eigenvalue weighted by atomic mass is 32.2. The van der Waals surface area contributed by atoms with Crippen LogP contribution in [-0.4, -0.2) is 59.6 Å². The number of sulfonamides is 1. The van der Waals surface area contributed by atoms with Gasteiger partial charge in [-0.1, -0.05) is 32.0 Å². The number of carbonyl (C=O) groups is 1. The van der Waals surface area contributed by atoms with Crippen LogP contribution >= 0.6 is 0 Å². The molecule has 34 heavy (non-hydrogen) atoms. The highest BCUT2D eigenvalue weighted by Gasteiger charge is 2.44. The van der Waals surface area contributed by atoms with Crippen LogP contribution in [0, 0.1) is 11.8 Å². The average Bonchev–Trinajstić information content (AvgIpc) is 3.30. The molecule has 0 saturated carbocycles. The van der Waals surface area contributed by atoms with Crippen molar-refractivity contribution in [1.29, 1.82) is 0 Å². The first-order valence-electron chi connectivity index (χ1n) is 11.4. The Morgan fingerprint density at radius 3 is 2.18 bits per heavy atom. The van der Waals surface area contributed by atoms with E-state index >= 15 is 0 Å². The van der Waals surface area contributed by atoms with Gasteiger partial charge in [-0.05, 0) is 42.2 Å². The lowest BCUT2D eigenvalue weighted by Crippen LogP contribution is -2.36. The second kappa shape index (κ2) is 11.1. The molecule has 1 fully saturated rings. The summed E-state index contributed by atoms with van der Waals surface area (Å²) in [6.07, 6.45) is 0.847. The molecule has 0 aliphatic carbocycles. The zero-order valence-corrected chi connectivity index (χ0v) is 21.2. The predicted octanol–water partition coefficient (Wildman–Crippen LogP) is 3.28. The van der Waals surface area contributed by atoms with Crippen molar-refractivity contribution >= 4 is 15.9 Å². The van der Waals surface area contributed by atoms with Crippen LogP contribution in [0.5, 0.6) is 17.2 Å². The van der Waals surface area contributed by atoms with Crippen LogP contribution in [0.2, 0.25) is 0 Å². The Labute approximate surface area is 202 Å². The third-order valence-electron chi connectivity index (χ3n) is 6.14. The van der Waals surface area contributed by atoms with E-state index in [4.69, 9.17) is 14.2 Å². The number of benzene rings is 2. The minimum atomic E-state index is -3.76. The number of hydrogen-bond acceptors (Lipinski definition) is 6. The van der Waals surface area contributed by atoms with Gasteiger partial charge in [-0.25, -0.2) is 8.42 Å². The smallest absolute Gasteiger partial charge is 0.243 e. The Morgan fingerprint density at radius 1 is 1.03 bits per heavy atom. The van der Waals surface area contributed by atoms with Gasteiger partial charge in [-0.3, -0.25) is 4.79 Å². The van der Waals surface area contributed by atoms with Gasteiger partial charge < -0.3 is 19.5 Å². The highest BCUT2D eigenvalue weighted by Crippen LogP contribution is 2.44. The number of carbonyl (C=O) groups excluding carboxylic acids is 1. The number of nitrogens with one attached hydrogen (secondary N) is 1. The summed E-state index contributed by atoms with van der Waals surface area (Å²) >= 11 is 0. The van der Waals surface area contributed by atoms with Gasteiger partial charge in [0.15, 0.2) is 11.5 Å². The summed E-state index contributed by atoms with van der Waals surface area (Å²) in [6, 6.07) is 11.9. The van der Waals surface area contributed by atoms with E-state index in [2.05, 4.69) is 19.2 Å². The van der Waals surface area contributed by atoms with Crippen LogP contribution in [0.4, 0.5) is 0 Å². The molecule has 1 heterocycles. The van der Waals surface area contributed by atoms with E-state index in [1.54, 1.807) is 42.5 Å². The van der Waals surface area contributed by atoms with Crippen LogP contribution in [0.1, 0.15) is 31.7 Å². The monoisotopic (exact) mass is 490 g/mol. The van der Waals surface area contributed by atoms with Gasteiger partial charge in [0.2, 0.25) is 21.7 Å². The maximum Gasteiger partial charge on any atom is 0.243 e. The zero-order chi connectivity index (χ0) is 24.9. The molecule has 8 nitrogen and oxygen atoms in total. The van der Waals surface area contributed by atoms with Crippen molar-refractivity contribution in [3.05, 3.63) is 48.0 Å². The number of nitrogens with zero attached hydrogens (tertiary/aromatic N) is 1. The summed E-state index contributed by atoms with van der Waals surface area (Å²) in [6.45, 7) is 4.98. The normalized spacial score (nSPS) is 18.6. The minimum Gasteiger partial charge on any atom is -0.493 e. The average molecular weight is 491 g/mol. The van der Waals surface area contributed by atoms with Gasteiger partial charge in [0.1, 0.15) is 0 Å². The van der Waals surface area contributed by atoms with Crippen molar-refractivity contribution < 1.29 is 27.4 Å². The molecular formula is C25H34N2O6S. The van der Waals surface area contributed by atoms with Crippen molar-refractivity contribution in [3.63, 3.8) is 0 Å². The SMILES string of the molecule is COc1cc([C@H]2CN(S(=O)(=O)c3ccccc3)C[C@H]2C(=O)NCCC(C)C)cc(OC)c1OC. The molecule has 0 radical (unpaired) electrons. The molecule has 2 aromatic rings. The lowest BCUT2D eigenvalue weighted by atomic mass is 9.87. The molecule has 0 unspecified atom stereocenters. The third kappa shape index (κ3) is 5.47. The minimum absolute atomic E-state index is 0.0894. The summed E-state index contributed by atoms with van der Waals surface area (Å²) in [5.41, 5.74) is 0.754. The van der Waals surface area contributed by atoms with Crippen molar-refractivity contribution in [3.8, 4) is 17.2 Å². The van der Waals surface area contributed by atoms with Crippen LogP contribution in [-0.2, 0) is 14.8 Å². The molecule has 2 atom stereocenters. The molecule has 1 saturated heterocycles. The first-order valence-corrected chi connectivity index (χ1v) is 12.8. The zero-order valence-electron chi connectivity index (χ0n) is 20.4. The largest absolute Gasteiger partial charge is 0.493 e. The Morgan fingerprint density at radius 2 is 1.65 bits per heavy atom. The maximum absolute atomic E-state index is 13.4. The number of ether oxygens (including phenoxy) is 3. The first kappa shape index (κ1) is 25.8. The number of hydrogen-bond donors (Lipinski definition) is 1. The van der Waals surface area contributed by atoms with Crippen LogP contribution in [0.3, 0.4) is 0 Å². The molecule has 0 aromatic heterocycles. The van der Waals surface area contributed by atoms with Crippen LogP contribution in [0.15, 0.2) is 47.4 Å². The van der Waals surface area contributed by atoms with Gasteiger partial charge >= 0.3 is 0 Å². The van der Waals surface area contributed by atoms with Gasteiger partial charge in [0.05, 0.1) is 32.1 Å². The molecule has 0 bridgehead atoms. The summed E-state index contributed by atoms with van der Waals surface area (Å²) in [5.74, 6) is 0.702. The van der Waals surface area contributed by atoms with Crippen molar-refractivity contribution in [2.75, 3.05) is 41.0 Å². The Balaban J connectivity index is 1.99. The lowest BCUT2D eigenvalue weighted by Gasteiger charge is -2.21. The molecule has 2 aromatic carbocycles. The Bertz CT molecular complexity index is 1060. The van der Waals surface area contributed by atoms with E-state index in [0.717, 1.165) is 12.0 Å². The van der Waals surface area contributed by atoms with Gasteiger partial charge in [0.25, 0.3) is 0 Å². The highest BCUT2D eigenvalue weighted by molar-refractivity contribution is 7.89. The lowest BCUT2D eigenvalue weighted by molar-refractivity contribution is -0.124. The quantitative estimate of drug-likeness (QED) is 0.549. The van der Waals surface area contributed by atoms with E-state index in [9.17, 15) is 13.2 Å². The third-order valence-corrected chi connectivity index (χ3v) is 7.99. The first-order chi connectivity index (χ1) is 16.2. The molecule has 0 spiro atoms. The number of rotatable bonds is 10. The van der Waals surface area contributed by atoms with Gasteiger partial charge in [-0.2, -0.15) is 4.31 Å². The Hall–Kier alpha value is -2.78. The molecule has 186 valence electrons. The van der Waals surface area contributed by atoms with Gasteiger partial charge in [0, 0.05) is 25.6 Å². The predicted molar refractivity (Wildman–Crippen MR) is 130 cm³/mol. The van der Waals surface area contributed by atoms with E-state index in [1.165, 1.54) is 25.6 Å². The fraction of sp³-hybridized carbons (Fsp3) is 0.480. The number of methoxy groups -OCH3 is 3.